The number of thioether (sulfide) groups is 1. The molecule has 37 heavy (non-hydrogen) atoms. The zero-order chi connectivity index (χ0) is 26.4. The van der Waals surface area contributed by atoms with E-state index in [1.54, 1.807) is 0 Å². The van der Waals surface area contributed by atoms with Gasteiger partial charge in [0.1, 0.15) is 0 Å². The molecule has 2 rings (SSSR count). The molecule has 0 saturated carbocycles. The van der Waals surface area contributed by atoms with Crippen molar-refractivity contribution in [2.24, 2.45) is 5.73 Å². The Morgan fingerprint density at radius 3 is 1.92 bits per heavy atom. The Hall–Kier alpha value is -1.19. The highest BCUT2D eigenvalue weighted by Gasteiger charge is 2.42. The van der Waals surface area contributed by atoms with Crippen LogP contribution in [0.2, 0.25) is 0 Å². The summed E-state index contributed by atoms with van der Waals surface area (Å²) in [5.74, 6) is 1.02. The smallest absolute Gasteiger partial charge is 0.315 e. The lowest BCUT2D eigenvalue weighted by atomic mass is 10.0. The molecule has 13 heteroatoms. The standard InChI is InChI=1S/C24H46N4O8S/c25-5-7-31-9-11-33-13-15-35-17-18-36-16-14-34-12-10-32-8-6-26-22(29)4-2-1-3-21-23-20(19-37-21)27-24(30)28-23/h20-21,23H,1-19,25H2,(H,26,29)(H2,27,28,30)/t20-,21?,23-/m0/s1. The Labute approximate surface area is 224 Å². The lowest BCUT2D eigenvalue weighted by Crippen LogP contribution is -2.36. The first kappa shape index (κ1) is 32.0. The number of amides is 3. The van der Waals surface area contributed by atoms with Crippen molar-refractivity contribution >= 4 is 23.7 Å². The van der Waals surface area contributed by atoms with Gasteiger partial charge in [0.2, 0.25) is 5.91 Å². The van der Waals surface area contributed by atoms with E-state index < -0.39 is 0 Å². The van der Waals surface area contributed by atoms with E-state index in [0.717, 1.165) is 25.0 Å². The molecule has 216 valence electrons. The molecule has 0 spiro atoms. The van der Waals surface area contributed by atoms with Gasteiger partial charge in [0.25, 0.3) is 0 Å². The molecule has 0 radical (unpaired) electrons. The highest BCUT2D eigenvalue weighted by Crippen LogP contribution is 2.33. The summed E-state index contributed by atoms with van der Waals surface area (Å²) in [4.78, 5) is 23.4. The Balaban J connectivity index is 1.23. The maximum atomic E-state index is 12.0. The first-order valence-electron chi connectivity index (χ1n) is 13.3. The van der Waals surface area contributed by atoms with Crippen LogP contribution in [0.4, 0.5) is 4.79 Å². The molecule has 3 atom stereocenters. The van der Waals surface area contributed by atoms with E-state index in [-0.39, 0.29) is 24.0 Å². The van der Waals surface area contributed by atoms with Gasteiger partial charge in [-0.3, -0.25) is 4.79 Å². The number of nitrogens with one attached hydrogen (secondary N) is 3. The molecule has 2 heterocycles. The van der Waals surface area contributed by atoms with Crippen molar-refractivity contribution in [2.45, 2.75) is 43.0 Å². The van der Waals surface area contributed by atoms with Gasteiger partial charge in [-0.05, 0) is 12.8 Å². The molecule has 2 saturated heterocycles. The molecule has 1 unspecified atom stereocenters. The summed E-state index contributed by atoms with van der Waals surface area (Å²) < 4.78 is 32.3. The first-order valence-corrected chi connectivity index (χ1v) is 14.4. The molecule has 0 bridgehead atoms. The number of hydrogen-bond donors (Lipinski definition) is 4. The number of rotatable bonds is 25. The van der Waals surface area contributed by atoms with Crippen molar-refractivity contribution in [1.82, 2.24) is 16.0 Å². The quantitative estimate of drug-likeness (QED) is 0.0895. The van der Waals surface area contributed by atoms with Crippen molar-refractivity contribution in [3.05, 3.63) is 0 Å². The first-order chi connectivity index (χ1) is 18.2. The fraction of sp³-hybridized carbons (Fsp3) is 0.917. The average Bonchev–Trinajstić information content (AvgIpc) is 3.44. The third-order valence-corrected chi connectivity index (χ3v) is 7.28. The highest BCUT2D eigenvalue weighted by atomic mass is 32.2. The van der Waals surface area contributed by atoms with Gasteiger partial charge in [-0.1, -0.05) is 6.42 Å². The van der Waals surface area contributed by atoms with E-state index >= 15 is 0 Å². The van der Waals surface area contributed by atoms with Gasteiger partial charge in [-0.2, -0.15) is 11.8 Å². The number of urea groups is 1. The van der Waals surface area contributed by atoms with Crippen LogP contribution in [0.3, 0.4) is 0 Å². The Bertz CT molecular complexity index is 607. The highest BCUT2D eigenvalue weighted by molar-refractivity contribution is 8.00. The van der Waals surface area contributed by atoms with Crippen LogP contribution < -0.4 is 21.7 Å². The number of carbonyl (C=O) groups is 2. The predicted octanol–water partition coefficient (Wildman–Crippen LogP) is -0.113. The molecule has 2 aliphatic heterocycles. The second-order valence-corrected chi connectivity index (χ2v) is 9.95. The normalized spacial score (nSPS) is 20.6. The van der Waals surface area contributed by atoms with Crippen molar-refractivity contribution in [3.8, 4) is 0 Å². The second-order valence-electron chi connectivity index (χ2n) is 8.68. The van der Waals surface area contributed by atoms with Gasteiger partial charge in [-0.25, -0.2) is 4.79 Å². The van der Waals surface area contributed by atoms with Crippen molar-refractivity contribution in [1.29, 1.82) is 0 Å². The lowest BCUT2D eigenvalue weighted by molar-refractivity contribution is -0.121. The summed E-state index contributed by atoms with van der Waals surface area (Å²) in [5.41, 5.74) is 5.32. The number of nitrogens with two attached hydrogens (primary N) is 1. The van der Waals surface area contributed by atoms with Crippen LogP contribution >= 0.6 is 11.8 Å². The van der Waals surface area contributed by atoms with E-state index in [1.165, 1.54) is 0 Å². The van der Waals surface area contributed by atoms with Crippen molar-refractivity contribution in [2.75, 3.05) is 98.1 Å². The number of hydrogen-bond acceptors (Lipinski definition) is 10. The Morgan fingerprint density at radius 1 is 0.811 bits per heavy atom. The minimum atomic E-state index is -0.0561. The number of ether oxygens (including phenoxy) is 6. The second kappa shape index (κ2) is 21.7. The number of carbonyl (C=O) groups excluding carboxylic acids is 2. The molecule has 2 fully saturated rings. The van der Waals surface area contributed by atoms with Crippen LogP contribution in [0.15, 0.2) is 0 Å². The molecule has 0 aromatic carbocycles. The minimum absolute atomic E-state index is 0.0502. The van der Waals surface area contributed by atoms with Crippen molar-refractivity contribution in [3.63, 3.8) is 0 Å². The number of fused-ring (bicyclic) bond motifs is 1. The Kier molecular flexibility index (Phi) is 18.8. The molecule has 3 amide bonds. The molecular formula is C24H46N4O8S. The summed E-state index contributed by atoms with van der Waals surface area (Å²) >= 11 is 1.90. The monoisotopic (exact) mass is 550 g/mol. The fourth-order valence-electron chi connectivity index (χ4n) is 3.91. The molecule has 5 N–H and O–H groups in total. The minimum Gasteiger partial charge on any atom is -0.378 e. The summed E-state index contributed by atoms with van der Waals surface area (Å²) in [6.45, 7) is 7.15. The third-order valence-electron chi connectivity index (χ3n) is 5.77. The van der Waals surface area contributed by atoms with E-state index in [4.69, 9.17) is 34.2 Å². The van der Waals surface area contributed by atoms with Crippen LogP contribution in [0.5, 0.6) is 0 Å². The van der Waals surface area contributed by atoms with Crippen LogP contribution in [0.1, 0.15) is 25.7 Å². The van der Waals surface area contributed by atoms with Gasteiger partial charge < -0.3 is 50.1 Å². The Morgan fingerprint density at radius 2 is 1.35 bits per heavy atom. The summed E-state index contributed by atoms with van der Waals surface area (Å²) in [5, 5.41) is 9.28. The molecule has 0 aromatic heterocycles. The summed E-state index contributed by atoms with van der Waals surface area (Å²) in [6.07, 6.45) is 3.37. The summed E-state index contributed by atoms with van der Waals surface area (Å²) in [7, 11) is 0. The van der Waals surface area contributed by atoms with E-state index in [1.807, 2.05) is 11.8 Å². The van der Waals surface area contributed by atoms with Gasteiger partial charge in [-0.15, -0.1) is 0 Å². The molecular weight excluding hydrogens is 504 g/mol. The van der Waals surface area contributed by atoms with Gasteiger partial charge in [0.15, 0.2) is 0 Å². The lowest BCUT2D eigenvalue weighted by Gasteiger charge is -2.16. The number of unbranched alkanes of at least 4 members (excludes halogenated alkanes) is 1. The van der Waals surface area contributed by atoms with E-state index in [9.17, 15) is 9.59 Å². The van der Waals surface area contributed by atoms with E-state index in [2.05, 4.69) is 16.0 Å². The van der Waals surface area contributed by atoms with Gasteiger partial charge in [0, 0.05) is 30.5 Å². The van der Waals surface area contributed by atoms with Gasteiger partial charge in [0.05, 0.1) is 91.4 Å². The van der Waals surface area contributed by atoms with Gasteiger partial charge >= 0.3 is 6.03 Å². The third kappa shape index (κ3) is 15.7. The van der Waals surface area contributed by atoms with Crippen LogP contribution in [0.25, 0.3) is 0 Å². The maximum absolute atomic E-state index is 12.0. The zero-order valence-corrected chi connectivity index (χ0v) is 22.7. The molecule has 0 aliphatic carbocycles. The fourth-order valence-corrected chi connectivity index (χ4v) is 5.45. The molecule has 0 aromatic rings. The maximum Gasteiger partial charge on any atom is 0.315 e. The topological polar surface area (TPSA) is 152 Å². The largest absolute Gasteiger partial charge is 0.378 e. The van der Waals surface area contributed by atoms with Crippen LogP contribution in [0, 0.1) is 0 Å². The molecule has 12 nitrogen and oxygen atoms in total. The SMILES string of the molecule is NCCOCCOCCOCCOCCOCCOCCNC(=O)CCCCC1SC[C@@H]2NC(=O)N[C@H]12. The summed E-state index contributed by atoms with van der Waals surface area (Å²) in [6, 6.07) is 0.429. The zero-order valence-electron chi connectivity index (χ0n) is 21.9. The molecule has 2 aliphatic rings. The van der Waals surface area contributed by atoms with Crippen LogP contribution in [-0.2, 0) is 33.2 Å². The average molecular weight is 551 g/mol. The van der Waals surface area contributed by atoms with Crippen molar-refractivity contribution < 1.29 is 38.0 Å². The predicted molar refractivity (Wildman–Crippen MR) is 141 cm³/mol. The van der Waals surface area contributed by atoms with E-state index in [0.29, 0.717) is 104 Å². The van der Waals surface area contributed by atoms with Crippen LogP contribution in [-0.4, -0.2) is 127 Å².